The van der Waals surface area contributed by atoms with Gasteiger partial charge in [-0.05, 0) is 24.6 Å². The number of carbonyl (C=O) groups is 1. The molecule has 86 valence electrons. The molecule has 1 aromatic rings. The number of hydrogen-bond donors (Lipinski definition) is 1. The van der Waals surface area contributed by atoms with Gasteiger partial charge in [-0.15, -0.1) is 0 Å². The summed E-state index contributed by atoms with van der Waals surface area (Å²) in [6, 6.07) is 7.79. The summed E-state index contributed by atoms with van der Waals surface area (Å²) in [7, 11) is 1.64. The van der Waals surface area contributed by atoms with Crippen molar-refractivity contribution in [1.82, 2.24) is 10.2 Å². The average Bonchev–Trinajstić information content (AvgIpc) is 2.70. The Balaban J connectivity index is 2.20. The number of benzene rings is 1. The van der Waals surface area contributed by atoms with E-state index < -0.39 is 0 Å². The maximum Gasteiger partial charge on any atom is 0.238 e. The van der Waals surface area contributed by atoms with Crippen molar-refractivity contribution in [2.75, 3.05) is 20.2 Å². The van der Waals surface area contributed by atoms with Gasteiger partial charge >= 0.3 is 0 Å². The minimum Gasteiger partial charge on any atom is -0.497 e. The van der Waals surface area contributed by atoms with Crippen molar-refractivity contribution < 1.29 is 9.53 Å². The van der Waals surface area contributed by atoms with E-state index in [2.05, 4.69) is 5.32 Å². The molecule has 1 fully saturated rings. The highest BCUT2D eigenvalue weighted by atomic mass is 16.5. The monoisotopic (exact) mass is 220 g/mol. The topological polar surface area (TPSA) is 41.6 Å². The van der Waals surface area contributed by atoms with Crippen LogP contribution in [-0.2, 0) is 4.79 Å². The molecule has 4 heteroatoms. The van der Waals surface area contributed by atoms with Crippen molar-refractivity contribution in [3.8, 4) is 5.75 Å². The Kier molecular flexibility index (Phi) is 3.10. The number of methoxy groups -OCH3 is 1. The number of nitrogens with zero attached hydrogens (tertiary/aromatic N) is 1. The van der Waals surface area contributed by atoms with Crippen LogP contribution in [-0.4, -0.2) is 31.0 Å². The third kappa shape index (κ3) is 1.88. The molecule has 1 atom stereocenters. The number of rotatable bonds is 3. The van der Waals surface area contributed by atoms with Crippen molar-refractivity contribution in [2.24, 2.45) is 0 Å². The lowest BCUT2D eigenvalue weighted by molar-refractivity contribution is -0.127. The quantitative estimate of drug-likeness (QED) is 0.830. The summed E-state index contributed by atoms with van der Waals surface area (Å²) >= 11 is 0. The van der Waals surface area contributed by atoms with Crippen LogP contribution in [0.3, 0.4) is 0 Å². The van der Waals surface area contributed by atoms with Crippen LogP contribution in [0.2, 0.25) is 0 Å². The second kappa shape index (κ2) is 4.53. The van der Waals surface area contributed by atoms with Crippen LogP contribution in [0.5, 0.6) is 5.75 Å². The molecule has 1 heterocycles. The molecule has 0 aliphatic carbocycles. The lowest BCUT2D eigenvalue weighted by atomic mass is 10.1. The highest BCUT2D eigenvalue weighted by molar-refractivity contribution is 5.80. The first-order valence-corrected chi connectivity index (χ1v) is 5.43. The fourth-order valence-corrected chi connectivity index (χ4v) is 1.98. The summed E-state index contributed by atoms with van der Waals surface area (Å²) in [6.07, 6.45) is 0.00315. The molecule has 16 heavy (non-hydrogen) atoms. The molecular formula is C12H16N2O2. The van der Waals surface area contributed by atoms with Gasteiger partial charge in [0.25, 0.3) is 0 Å². The van der Waals surface area contributed by atoms with Gasteiger partial charge in [0.15, 0.2) is 0 Å². The van der Waals surface area contributed by atoms with Gasteiger partial charge in [-0.2, -0.15) is 0 Å². The summed E-state index contributed by atoms with van der Waals surface area (Å²) < 4.78 is 5.11. The molecule has 2 rings (SSSR count). The minimum atomic E-state index is 0.00315. The van der Waals surface area contributed by atoms with Gasteiger partial charge in [0, 0.05) is 6.54 Å². The number of nitrogens with one attached hydrogen (secondary N) is 1. The smallest absolute Gasteiger partial charge is 0.238 e. The third-order valence-corrected chi connectivity index (χ3v) is 2.85. The first-order chi connectivity index (χ1) is 7.76. The zero-order valence-electron chi connectivity index (χ0n) is 9.56. The summed E-state index contributed by atoms with van der Waals surface area (Å²) in [5.41, 5.74) is 1.09. The SMILES string of the molecule is CCN1C(=O)CNC1c1ccc(OC)cc1. The number of likely N-dealkylation sites (N-methyl/N-ethyl adjacent to an activating group) is 1. The molecule has 1 aliphatic heterocycles. The molecule has 1 amide bonds. The van der Waals surface area contributed by atoms with Crippen LogP contribution in [0.1, 0.15) is 18.7 Å². The van der Waals surface area contributed by atoms with E-state index in [-0.39, 0.29) is 12.1 Å². The number of ether oxygens (including phenoxy) is 1. The fourth-order valence-electron chi connectivity index (χ4n) is 1.98. The minimum absolute atomic E-state index is 0.00315. The Hall–Kier alpha value is -1.55. The van der Waals surface area contributed by atoms with Crippen LogP contribution in [0, 0.1) is 0 Å². The van der Waals surface area contributed by atoms with E-state index in [0.29, 0.717) is 6.54 Å². The highest BCUT2D eigenvalue weighted by Crippen LogP contribution is 2.23. The third-order valence-electron chi connectivity index (χ3n) is 2.85. The number of amides is 1. The molecule has 0 spiro atoms. The maximum atomic E-state index is 11.6. The van der Waals surface area contributed by atoms with Gasteiger partial charge in [0.2, 0.25) is 5.91 Å². The zero-order valence-corrected chi connectivity index (χ0v) is 9.56. The van der Waals surface area contributed by atoms with Crippen LogP contribution < -0.4 is 10.1 Å². The van der Waals surface area contributed by atoms with Crippen molar-refractivity contribution in [2.45, 2.75) is 13.1 Å². The van der Waals surface area contributed by atoms with Crippen LogP contribution >= 0.6 is 0 Å². The Morgan fingerprint density at radius 3 is 2.69 bits per heavy atom. The number of hydrogen-bond acceptors (Lipinski definition) is 3. The molecule has 1 unspecified atom stereocenters. The molecule has 1 saturated heterocycles. The Morgan fingerprint density at radius 1 is 1.44 bits per heavy atom. The lowest BCUT2D eigenvalue weighted by Gasteiger charge is -2.23. The second-order valence-corrected chi connectivity index (χ2v) is 3.74. The molecule has 0 bridgehead atoms. The molecule has 0 radical (unpaired) electrons. The Morgan fingerprint density at radius 2 is 2.12 bits per heavy atom. The predicted octanol–water partition coefficient (Wildman–Crippen LogP) is 1.15. The second-order valence-electron chi connectivity index (χ2n) is 3.74. The molecule has 1 aliphatic rings. The van der Waals surface area contributed by atoms with Crippen molar-refractivity contribution in [3.05, 3.63) is 29.8 Å². The van der Waals surface area contributed by atoms with Crippen LogP contribution in [0.15, 0.2) is 24.3 Å². The first-order valence-electron chi connectivity index (χ1n) is 5.43. The van der Waals surface area contributed by atoms with Gasteiger partial charge in [0.1, 0.15) is 11.9 Å². The largest absolute Gasteiger partial charge is 0.497 e. The predicted molar refractivity (Wildman–Crippen MR) is 61.1 cm³/mol. The van der Waals surface area contributed by atoms with Gasteiger partial charge < -0.3 is 9.64 Å². The molecule has 0 aromatic heterocycles. The van der Waals surface area contributed by atoms with Crippen LogP contribution in [0.25, 0.3) is 0 Å². The first kappa shape index (κ1) is 11.0. The highest BCUT2D eigenvalue weighted by Gasteiger charge is 2.29. The normalized spacial score (nSPS) is 20.2. The zero-order chi connectivity index (χ0) is 11.5. The van der Waals surface area contributed by atoms with Crippen molar-refractivity contribution in [3.63, 3.8) is 0 Å². The van der Waals surface area contributed by atoms with E-state index in [0.717, 1.165) is 17.9 Å². The van der Waals surface area contributed by atoms with Crippen molar-refractivity contribution >= 4 is 5.91 Å². The van der Waals surface area contributed by atoms with Gasteiger partial charge in [-0.1, -0.05) is 12.1 Å². The van der Waals surface area contributed by atoms with Crippen molar-refractivity contribution in [1.29, 1.82) is 0 Å². The molecular weight excluding hydrogens is 204 g/mol. The summed E-state index contributed by atoms with van der Waals surface area (Å²) in [6.45, 7) is 3.13. The summed E-state index contributed by atoms with van der Waals surface area (Å²) in [5.74, 6) is 0.986. The average molecular weight is 220 g/mol. The van der Waals surface area contributed by atoms with Gasteiger partial charge in [0.05, 0.1) is 13.7 Å². The van der Waals surface area contributed by atoms with E-state index in [1.807, 2.05) is 36.1 Å². The molecule has 4 nitrogen and oxygen atoms in total. The van der Waals surface area contributed by atoms with E-state index in [9.17, 15) is 4.79 Å². The molecule has 0 saturated carbocycles. The van der Waals surface area contributed by atoms with E-state index in [1.165, 1.54) is 0 Å². The van der Waals surface area contributed by atoms with Crippen LogP contribution in [0.4, 0.5) is 0 Å². The number of carbonyl (C=O) groups excluding carboxylic acids is 1. The van der Waals surface area contributed by atoms with E-state index in [1.54, 1.807) is 7.11 Å². The molecule has 1 N–H and O–H groups in total. The fraction of sp³-hybridized carbons (Fsp3) is 0.417. The van der Waals surface area contributed by atoms with E-state index in [4.69, 9.17) is 4.74 Å². The summed E-state index contributed by atoms with van der Waals surface area (Å²) in [5, 5.41) is 3.20. The summed E-state index contributed by atoms with van der Waals surface area (Å²) in [4.78, 5) is 13.4. The van der Waals surface area contributed by atoms with E-state index >= 15 is 0 Å². The Bertz CT molecular complexity index is 375. The van der Waals surface area contributed by atoms with Gasteiger partial charge in [-0.25, -0.2) is 0 Å². The maximum absolute atomic E-state index is 11.6. The van der Waals surface area contributed by atoms with Gasteiger partial charge in [-0.3, -0.25) is 10.1 Å². The Labute approximate surface area is 95.2 Å². The standard InChI is InChI=1S/C12H16N2O2/c1-3-14-11(15)8-13-12(14)9-4-6-10(16-2)7-5-9/h4-7,12-13H,3,8H2,1-2H3. The lowest BCUT2D eigenvalue weighted by Crippen LogP contribution is -2.29. The molecule has 1 aromatic carbocycles.